The number of nitrogens with two attached hydrogens (primary N) is 1. The molecule has 7 heteroatoms. The molecule has 0 aliphatic carbocycles. The van der Waals surface area contributed by atoms with Crippen molar-refractivity contribution in [3.63, 3.8) is 0 Å². The van der Waals surface area contributed by atoms with Crippen LogP contribution < -0.4 is 5.73 Å². The minimum Gasteiger partial charge on any atom is -0.368 e. The molecule has 0 radical (unpaired) electrons. The maximum Gasteiger partial charge on any atom is 0.255 e. The maximum atomic E-state index is 14.2. The zero-order valence-electron chi connectivity index (χ0n) is 19.2. The summed E-state index contributed by atoms with van der Waals surface area (Å²) in [7, 11) is 0. The summed E-state index contributed by atoms with van der Waals surface area (Å²) in [6, 6.07) is 26.9. The molecule has 180 valence electrons. The maximum absolute atomic E-state index is 14.2. The first kappa shape index (κ1) is 24.0. The largest absolute Gasteiger partial charge is 0.368 e. The number of ketones is 1. The number of amides is 2. The topological polar surface area (TPSA) is 80.5 Å². The van der Waals surface area contributed by atoms with Gasteiger partial charge in [-0.1, -0.05) is 78.3 Å². The van der Waals surface area contributed by atoms with Crippen LogP contribution in [0.25, 0.3) is 0 Å². The van der Waals surface area contributed by atoms with E-state index < -0.39 is 29.8 Å². The van der Waals surface area contributed by atoms with Crippen LogP contribution in [0.15, 0.2) is 102 Å². The zero-order chi connectivity index (χ0) is 25.2. The standard InChI is InChI=1S/C29H23ClN2O3S/c30-21-14-7-13-20(17-21)27(33)24-23(22-15-8-16-36-22)26(28(31)34)32(25(24)18-9-3-1-4-10-18)29(35)19-11-5-2-6-12-19/h1-17,23-26H,(H2,31,34). The summed E-state index contributed by atoms with van der Waals surface area (Å²) in [4.78, 5) is 43.7. The highest BCUT2D eigenvalue weighted by Crippen LogP contribution is 2.52. The number of primary amides is 1. The fourth-order valence-corrected chi connectivity index (χ4v) is 6.28. The lowest BCUT2D eigenvalue weighted by molar-refractivity contribution is -0.122. The van der Waals surface area contributed by atoms with Crippen LogP contribution in [-0.4, -0.2) is 28.5 Å². The Labute approximate surface area is 218 Å². The highest BCUT2D eigenvalue weighted by molar-refractivity contribution is 7.10. The van der Waals surface area contributed by atoms with Crippen molar-refractivity contribution >= 4 is 40.5 Å². The molecule has 3 aromatic carbocycles. The molecule has 1 aliphatic rings. The van der Waals surface area contributed by atoms with Crippen LogP contribution in [0.1, 0.15) is 43.1 Å². The van der Waals surface area contributed by atoms with E-state index in [1.165, 1.54) is 16.2 Å². The molecule has 0 bridgehead atoms. The molecule has 36 heavy (non-hydrogen) atoms. The van der Waals surface area contributed by atoms with E-state index in [4.69, 9.17) is 17.3 Å². The van der Waals surface area contributed by atoms with Crippen molar-refractivity contribution in [2.75, 3.05) is 0 Å². The fourth-order valence-electron chi connectivity index (χ4n) is 5.18. The van der Waals surface area contributed by atoms with Gasteiger partial charge in [0.15, 0.2) is 5.78 Å². The second-order valence-electron chi connectivity index (χ2n) is 8.72. The predicted molar refractivity (Wildman–Crippen MR) is 141 cm³/mol. The Morgan fingerprint density at radius 3 is 2.08 bits per heavy atom. The highest BCUT2D eigenvalue weighted by atomic mass is 35.5. The normalized spacial score (nSPS) is 21.3. The van der Waals surface area contributed by atoms with Gasteiger partial charge in [-0.15, -0.1) is 11.3 Å². The summed E-state index contributed by atoms with van der Waals surface area (Å²) >= 11 is 7.68. The molecule has 1 saturated heterocycles. The summed E-state index contributed by atoms with van der Waals surface area (Å²) in [5, 5.41) is 2.33. The van der Waals surface area contributed by atoms with Gasteiger partial charge in [0.25, 0.3) is 5.91 Å². The molecular formula is C29H23ClN2O3S. The van der Waals surface area contributed by atoms with Gasteiger partial charge in [-0.2, -0.15) is 0 Å². The molecule has 0 saturated carbocycles. The summed E-state index contributed by atoms with van der Waals surface area (Å²) in [5.74, 6) is -2.57. The van der Waals surface area contributed by atoms with E-state index >= 15 is 0 Å². The van der Waals surface area contributed by atoms with Crippen molar-refractivity contribution in [2.45, 2.75) is 18.0 Å². The van der Waals surface area contributed by atoms with E-state index in [0.29, 0.717) is 16.1 Å². The number of carbonyl (C=O) groups excluding carboxylic acids is 3. The number of rotatable bonds is 6. The van der Waals surface area contributed by atoms with Crippen LogP contribution in [0, 0.1) is 5.92 Å². The molecule has 2 amide bonds. The first-order valence-corrected chi connectivity index (χ1v) is 12.8. The number of nitrogens with zero attached hydrogens (tertiary/aromatic N) is 1. The molecule has 4 aromatic rings. The minimum absolute atomic E-state index is 0.195. The molecule has 4 unspecified atom stereocenters. The van der Waals surface area contributed by atoms with Gasteiger partial charge in [-0.3, -0.25) is 14.4 Å². The summed E-state index contributed by atoms with van der Waals surface area (Å²) in [6.45, 7) is 0. The van der Waals surface area contributed by atoms with E-state index in [2.05, 4.69) is 0 Å². The molecule has 5 rings (SSSR count). The van der Waals surface area contributed by atoms with Crippen molar-refractivity contribution in [2.24, 2.45) is 11.7 Å². The van der Waals surface area contributed by atoms with E-state index in [1.807, 2.05) is 53.9 Å². The lowest BCUT2D eigenvalue weighted by Gasteiger charge is -2.31. The number of likely N-dealkylation sites (tertiary alicyclic amines) is 1. The van der Waals surface area contributed by atoms with E-state index in [0.717, 1.165) is 10.4 Å². The predicted octanol–water partition coefficient (Wildman–Crippen LogP) is 5.74. The van der Waals surface area contributed by atoms with Crippen molar-refractivity contribution in [1.82, 2.24) is 4.90 Å². The lowest BCUT2D eigenvalue weighted by atomic mass is 9.78. The Morgan fingerprint density at radius 2 is 1.47 bits per heavy atom. The molecule has 2 heterocycles. The van der Waals surface area contributed by atoms with Gasteiger partial charge in [0.1, 0.15) is 6.04 Å². The van der Waals surface area contributed by atoms with Crippen molar-refractivity contribution in [3.8, 4) is 0 Å². The Hall–Kier alpha value is -3.74. The molecule has 0 spiro atoms. The molecule has 2 N–H and O–H groups in total. The monoisotopic (exact) mass is 514 g/mol. The molecule has 1 aromatic heterocycles. The molecule has 4 atom stereocenters. The van der Waals surface area contributed by atoms with E-state index in [9.17, 15) is 14.4 Å². The van der Waals surface area contributed by atoms with Gasteiger partial charge in [-0.05, 0) is 41.3 Å². The van der Waals surface area contributed by atoms with Crippen LogP contribution in [0.3, 0.4) is 0 Å². The van der Waals surface area contributed by atoms with Gasteiger partial charge in [0.2, 0.25) is 5.91 Å². The van der Waals surface area contributed by atoms with Gasteiger partial charge >= 0.3 is 0 Å². The average Bonchev–Trinajstić information content (AvgIpc) is 3.55. The van der Waals surface area contributed by atoms with Gasteiger partial charge in [0.05, 0.1) is 12.0 Å². The Kier molecular flexibility index (Phi) is 6.72. The number of carbonyl (C=O) groups is 3. The van der Waals surface area contributed by atoms with Crippen LogP contribution >= 0.6 is 22.9 Å². The van der Waals surface area contributed by atoms with Crippen LogP contribution in [0.2, 0.25) is 5.02 Å². The summed E-state index contributed by atoms with van der Waals surface area (Å²) < 4.78 is 0. The van der Waals surface area contributed by atoms with Crippen molar-refractivity contribution in [3.05, 3.63) is 129 Å². The van der Waals surface area contributed by atoms with Gasteiger partial charge < -0.3 is 10.6 Å². The third-order valence-corrected chi connectivity index (χ3v) is 7.85. The molecular weight excluding hydrogens is 492 g/mol. The third kappa shape index (κ3) is 4.34. The number of halogens is 1. The zero-order valence-corrected chi connectivity index (χ0v) is 20.7. The van der Waals surface area contributed by atoms with Crippen LogP contribution in [0.4, 0.5) is 0 Å². The lowest BCUT2D eigenvalue weighted by Crippen LogP contribution is -2.46. The van der Waals surface area contributed by atoms with E-state index in [1.54, 1.807) is 48.5 Å². The summed E-state index contributed by atoms with van der Waals surface area (Å²) in [6.07, 6.45) is 0. The summed E-state index contributed by atoms with van der Waals surface area (Å²) in [5.41, 5.74) is 7.61. The van der Waals surface area contributed by atoms with Crippen molar-refractivity contribution < 1.29 is 14.4 Å². The second-order valence-corrected chi connectivity index (χ2v) is 10.1. The molecule has 5 nitrogen and oxygen atoms in total. The van der Waals surface area contributed by atoms with Crippen molar-refractivity contribution in [1.29, 1.82) is 0 Å². The Morgan fingerprint density at radius 1 is 0.806 bits per heavy atom. The third-order valence-electron chi connectivity index (χ3n) is 6.64. The highest BCUT2D eigenvalue weighted by Gasteiger charge is 2.57. The molecule has 1 aliphatic heterocycles. The minimum atomic E-state index is -1.02. The van der Waals surface area contributed by atoms with Crippen LogP contribution in [-0.2, 0) is 4.79 Å². The van der Waals surface area contributed by atoms with Gasteiger partial charge in [-0.25, -0.2) is 0 Å². The number of hydrogen-bond donors (Lipinski definition) is 1. The fraction of sp³-hybridized carbons (Fsp3) is 0.138. The average molecular weight is 515 g/mol. The number of hydrogen-bond acceptors (Lipinski definition) is 4. The van der Waals surface area contributed by atoms with Crippen LogP contribution in [0.5, 0.6) is 0 Å². The smallest absolute Gasteiger partial charge is 0.255 e. The molecule has 1 fully saturated rings. The first-order valence-electron chi connectivity index (χ1n) is 11.5. The SMILES string of the molecule is NC(=O)C1C(c2cccs2)C(C(=O)c2cccc(Cl)c2)C(c2ccccc2)N1C(=O)c1ccccc1. The number of thiophene rings is 1. The first-order chi connectivity index (χ1) is 17.5. The Balaban J connectivity index is 1.75. The second kappa shape index (κ2) is 10.1. The number of benzene rings is 3. The van der Waals surface area contributed by atoms with Gasteiger partial charge in [0, 0.05) is 26.9 Å². The Bertz CT molecular complexity index is 1390. The van der Waals surface area contributed by atoms with E-state index in [-0.39, 0.29) is 11.7 Å². The number of Topliss-reactive ketones (excluding diaryl/α,β-unsaturated/α-hetero) is 1. The quantitative estimate of drug-likeness (QED) is 0.333.